The summed E-state index contributed by atoms with van der Waals surface area (Å²) in [7, 11) is 3.18. The van der Waals surface area contributed by atoms with E-state index in [1.807, 2.05) is 54.1 Å². The van der Waals surface area contributed by atoms with Gasteiger partial charge in [-0.05, 0) is 41.5 Å². The number of ether oxygens (including phenoxy) is 1. The van der Waals surface area contributed by atoms with Gasteiger partial charge in [-0.25, -0.2) is 15.0 Å². The number of nitrogens with zero attached hydrogens (tertiary/aromatic N) is 6. The van der Waals surface area contributed by atoms with Gasteiger partial charge in [0.05, 0.1) is 34.1 Å². The van der Waals surface area contributed by atoms with Crippen LogP contribution in [-0.4, -0.2) is 29.3 Å². The number of alkyl halides is 3. The molecule has 0 aliphatic heterocycles. The molecule has 3 heterocycles. The van der Waals surface area contributed by atoms with Crippen molar-refractivity contribution in [3.05, 3.63) is 88.5 Å². The van der Waals surface area contributed by atoms with Crippen molar-refractivity contribution in [2.75, 3.05) is 5.32 Å². The molecule has 0 unspecified atom stereocenters. The largest absolute Gasteiger partial charge is 0.433 e. The first-order chi connectivity index (χ1) is 17.7. The zero-order valence-corrected chi connectivity index (χ0v) is 20.5. The minimum Gasteiger partial charge on any atom is -0.424 e. The van der Waals surface area contributed by atoms with Crippen molar-refractivity contribution in [3.63, 3.8) is 0 Å². The maximum absolute atomic E-state index is 13.1. The highest BCUT2D eigenvalue weighted by Gasteiger charge is 2.34. The lowest BCUT2D eigenvalue weighted by Gasteiger charge is -2.08. The molecule has 0 saturated carbocycles. The van der Waals surface area contributed by atoms with Gasteiger partial charge < -0.3 is 14.6 Å². The second-order valence-electron chi connectivity index (χ2n) is 8.42. The van der Waals surface area contributed by atoms with E-state index in [-0.39, 0.29) is 12.4 Å². The molecule has 12 heteroatoms. The molecule has 0 amide bonds. The number of benzene rings is 2. The lowest BCUT2D eigenvalue weighted by molar-refractivity contribution is -0.143. The molecule has 8 nitrogen and oxygen atoms in total. The lowest BCUT2D eigenvalue weighted by Crippen LogP contribution is -2.11. The lowest BCUT2D eigenvalue weighted by atomic mass is 10.1. The van der Waals surface area contributed by atoms with Crippen LogP contribution < -0.4 is 10.1 Å². The van der Waals surface area contributed by atoms with Crippen LogP contribution in [0.3, 0.4) is 0 Å². The summed E-state index contributed by atoms with van der Waals surface area (Å²) >= 11 is 5.79. The van der Waals surface area contributed by atoms with Crippen molar-refractivity contribution in [3.8, 4) is 11.8 Å². The van der Waals surface area contributed by atoms with Crippen LogP contribution in [0, 0.1) is 0 Å². The van der Waals surface area contributed by atoms with E-state index >= 15 is 0 Å². The van der Waals surface area contributed by atoms with Crippen LogP contribution in [0.5, 0.6) is 11.8 Å². The number of aromatic nitrogens is 6. The molecule has 0 saturated heterocycles. The van der Waals surface area contributed by atoms with Gasteiger partial charge in [-0.15, -0.1) is 0 Å². The normalized spacial score (nSPS) is 11.7. The number of nitrogens with one attached hydrogen (secondary N) is 1. The van der Waals surface area contributed by atoms with Gasteiger partial charge in [-0.2, -0.15) is 18.3 Å². The third kappa shape index (κ3) is 5.51. The Morgan fingerprint density at radius 1 is 0.973 bits per heavy atom. The highest BCUT2D eigenvalue weighted by atomic mass is 35.5. The summed E-state index contributed by atoms with van der Waals surface area (Å²) in [5, 5.41) is 7.77. The smallest absolute Gasteiger partial charge is 0.424 e. The van der Waals surface area contributed by atoms with Gasteiger partial charge in [0, 0.05) is 27.1 Å². The molecule has 37 heavy (non-hydrogen) atoms. The maximum atomic E-state index is 13.1. The molecule has 2 aromatic carbocycles. The van der Waals surface area contributed by atoms with Crippen LogP contribution in [0.2, 0.25) is 5.02 Å². The molecule has 3 aromatic heterocycles. The maximum Gasteiger partial charge on any atom is 0.433 e. The predicted molar refractivity (Wildman–Crippen MR) is 133 cm³/mol. The Bertz CT molecular complexity index is 1540. The van der Waals surface area contributed by atoms with Crippen molar-refractivity contribution < 1.29 is 17.9 Å². The van der Waals surface area contributed by atoms with Crippen molar-refractivity contribution in [2.24, 2.45) is 14.1 Å². The molecule has 0 radical (unpaired) electrons. The summed E-state index contributed by atoms with van der Waals surface area (Å²) in [6.45, 7) is 0.524. The Morgan fingerprint density at radius 3 is 2.35 bits per heavy atom. The molecule has 0 fully saturated rings. The standard InChI is InChI=1S/C25H21ClF3N7O/c1-35-21-10-16(9-18-11-22(25(27,28)29)36(2)34-18)5-8-20(21)33-23(35)30-12-15-3-6-19(7-4-15)37-24-31-13-17(26)14-32-24/h3-8,10-11,13-14H,9,12H2,1-2H3,(H,30,33). The first-order valence-electron chi connectivity index (χ1n) is 11.2. The zero-order chi connectivity index (χ0) is 26.2. The van der Waals surface area contributed by atoms with E-state index in [0.29, 0.717) is 29.0 Å². The number of anilines is 1. The van der Waals surface area contributed by atoms with E-state index in [1.54, 1.807) is 0 Å². The second-order valence-corrected chi connectivity index (χ2v) is 8.86. The van der Waals surface area contributed by atoms with Crippen LogP contribution in [0.4, 0.5) is 19.1 Å². The molecule has 0 aliphatic rings. The van der Waals surface area contributed by atoms with E-state index in [0.717, 1.165) is 32.9 Å². The molecule has 190 valence electrons. The Labute approximate surface area is 214 Å². The molecular formula is C25H21ClF3N7O. The molecule has 0 spiro atoms. The number of hydrogen-bond acceptors (Lipinski definition) is 6. The van der Waals surface area contributed by atoms with Crippen LogP contribution in [0.1, 0.15) is 22.5 Å². The van der Waals surface area contributed by atoms with E-state index in [4.69, 9.17) is 16.3 Å². The minimum absolute atomic E-state index is 0.207. The number of halogens is 4. The fourth-order valence-electron chi connectivity index (χ4n) is 3.91. The summed E-state index contributed by atoms with van der Waals surface area (Å²) < 4.78 is 47.6. The Kier molecular flexibility index (Phi) is 6.46. The molecular weight excluding hydrogens is 507 g/mol. The number of imidazole rings is 1. The van der Waals surface area contributed by atoms with E-state index in [2.05, 4.69) is 25.4 Å². The molecule has 0 bridgehead atoms. The summed E-state index contributed by atoms with van der Waals surface area (Å²) in [5.74, 6) is 1.26. The minimum atomic E-state index is -4.44. The highest BCUT2D eigenvalue weighted by Crippen LogP contribution is 2.30. The molecule has 5 aromatic rings. The van der Waals surface area contributed by atoms with Gasteiger partial charge in [0.25, 0.3) is 0 Å². The third-order valence-corrected chi connectivity index (χ3v) is 5.93. The fraction of sp³-hybridized carbons (Fsp3) is 0.200. The van der Waals surface area contributed by atoms with Gasteiger partial charge in [0.1, 0.15) is 11.4 Å². The highest BCUT2D eigenvalue weighted by molar-refractivity contribution is 6.30. The van der Waals surface area contributed by atoms with E-state index in [1.165, 1.54) is 19.4 Å². The Balaban J connectivity index is 1.25. The molecule has 1 N–H and O–H groups in total. The topological polar surface area (TPSA) is 82.7 Å². The predicted octanol–water partition coefficient (Wildman–Crippen LogP) is 5.76. The number of fused-ring (bicyclic) bond motifs is 1. The molecule has 0 aliphatic carbocycles. The van der Waals surface area contributed by atoms with Crippen LogP contribution in [-0.2, 0) is 33.2 Å². The van der Waals surface area contributed by atoms with Crippen molar-refractivity contribution >= 4 is 28.6 Å². The van der Waals surface area contributed by atoms with Crippen molar-refractivity contribution in [1.82, 2.24) is 29.3 Å². The fourth-order valence-corrected chi connectivity index (χ4v) is 4.00. The quantitative estimate of drug-likeness (QED) is 0.289. The van der Waals surface area contributed by atoms with E-state index in [9.17, 15) is 13.2 Å². The Hall–Kier alpha value is -4.12. The van der Waals surface area contributed by atoms with Gasteiger partial charge in [0.2, 0.25) is 5.95 Å². The van der Waals surface area contributed by atoms with Gasteiger partial charge in [-0.3, -0.25) is 4.68 Å². The number of hydrogen-bond donors (Lipinski definition) is 1. The van der Waals surface area contributed by atoms with Crippen LogP contribution in [0.15, 0.2) is 60.9 Å². The average molecular weight is 528 g/mol. The third-order valence-electron chi connectivity index (χ3n) is 5.73. The van der Waals surface area contributed by atoms with E-state index < -0.39 is 11.9 Å². The second kappa shape index (κ2) is 9.74. The number of rotatable bonds is 7. The molecule has 0 atom stereocenters. The van der Waals surface area contributed by atoms with Crippen LogP contribution >= 0.6 is 11.6 Å². The van der Waals surface area contributed by atoms with Crippen molar-refractivity contribution in [1.29, 1.82) is 0 Å². The monoisotopic (exact) mass is 527 g/mol. The molecule has 5 rings (SSSR count). The van der Waals surface area contributed by atoms with Gasteiger partial charge >= 0.3 is 12.2 Å². The first kappa shape index (κ1) is 24.6. The summed E-state index contributed by atoms with van der Waals surface area (Å²) in [5.41, 5.74) is 3.07. The van der Waals surface area contributed by atoms with Crippen LogP contribution in [0.25, 0.3) is 11.0 Å². The summed E-state index contributed by atoms with van der Waals surface area (Å²) in [6.07, 6.45) is -1.23. The summed E-state index contributed by atoms with van der Waals surface area (Å²) in [6, 6.07) is 14.4. The van der Waals surface area contributed by atoms with Gasteiger partial charge in [0.15, 0.2) is 0 Å². The first-order valence-corrected chi connectivity index (χ1v) is 11.6. The number of aryl methyl sites for hydroxylation is 2. The SMILES string of the molecule is Cn1nc(Cc2ccc3nc(NCc4ccc(Oc5ncc(Cl)cn5)cc4)n(C)c3c2)cc1C(F)(F)F. The summed E-state index contributed by atoms with van der Waals surface area (Å²) in [4.78, 5) is 12.7. The van der Waals surface area contributed by atoms with Crippen molar-refractivity contribution in [2.45, 2.75) is 19.1 Å². The van der Waals surface area contributed by atoms with Gasteiger partial charge in [-0.1, -0.05) is 29.8 Å². The zero-order valence-electron chi connectivity index (χ0n) is 19.8. The Morgan fingerprint density at radius 2 is 1.68 bits per heavy atom. The average Bonchev–Trinajstić information content (AvgIpc) is 3.39.